The fraction of sp³-hybridized carbons (Fsp3) is 0.333. The lowest BCUT2D eigenvalue weighted by molar-refractivity contribution is -0.136. The van der Waals surface area contributed by atoms with Gasteiger partial charge in [-0.3, -0.25) is 4.79 Å². The summed E-state index contributed by atoms with van der Waals surface area (Å²) >= 11 is 0. The summed E-state index contributed by atoms with van der Waals surface area (Å²) in [6, 6.07) is 15.9. The highest BCUT2D eigenvalue weighted by Crippen LogP contribution is 2.23. The number of carbonyl (C=O) groups excluding carboxylic acids is 1. The molecule has 0 aromatic heterocycles. The highest BCUT2D eigenvalue weighted by atomic mass is 19.1. The Labute approximate surface area is 163 Å². The van der Waals surface area contributed by atoms with E-state index in [1.165, 1.54) is 6.07 Å². The minimum absolute atomic E-state index is 0.00155. The van der Waals surface area contributed by atoms with E-state index in [2.05, 4.69) is 0 Å². The third-order valence-corrected chi connectivity index (χ3v) is 4.54. The van der Waals surface area contributed by atoms with E-state index in [1.807, 2.05) is 41.3 Å². The second-order valence-electron chi connectivity index (χ2n) is 6.33. The van der Waals surface area contributed by atoms with Crippen molar-refractivity contribution in [2.45, 2.75) is 0 Å². The van der Waals surface area contributed by atoms with Gasteiger partial charge < -0.3 is 19.3 Å². The number of halogens is 1. The molecular formula is C21H22FN3O3. The van der Waals surface area contributed by atoms with E-state index < -0.39 is 5.82 Å². The predicted molar refractivity (Wildman–Crippen MR) is 103 cm³/mol. The maximum absolute atomic E-state index is 13.8. The van der Waals surface area contributed by atoms with Gasteiger partial charge in [-0.25, -0.2) is 4.39 Å². The van der Waals surface area contributed by atoms with Crippen molar-refractivity contribution in [2.24, 2.45) is 0 Å². The first-order valence-electron chi connectivity index (χ1n) is 9.16. The van der Waals surface area contributed by atoms with Gasteiger partial charge in [-0.1, -0.05) is 24.3 Å². The van der Waals surface area contributed by atoms with Crippen LogP contribution in [0.3, 0.4) is 0 Å². The van der Waals surface area contributed by atoms with Crippen LogP contribution in [0.15, 0.2) is 48.5 Å². The molecule has 0 N–H and O–H groups in total. The Morgan fingerprint density at radius 3 is 2.50 bits per heavy atom. The van der Waals surface area contributed by atoms with Gasteiger partial charge >= 0.3 is 0 Å². The van der Waals surface area contributed by atoms with Crippen molar-refractivity contribution in [2.75, 3.05) is 50.9 Å². The summed E-state index contributed by atoms with van der Waals surface area (Å²) in [6.45, 7) is 2.80. The number of hydrogen-bond acceptors (Lipinski definition) is 5. The van der Waals surface area contributed by atoms with E-state index >= 15 is 0 Å². The van der Waals surface area contributed by atoms with Crippen LogP contribution in [0.25, 0.3) is 0 Å². The number of carbonyl (C=O) groups is 1. The minimum atomic E-state index is -0.523. The van der Waals surface area contributed by atoms with E-state index in [4.69, 9.17) is 9.47 Å². The lowest BCUT2D eigenvalue weighted by Gasteiger charge is -2.36. The molecule has 0 spiro atoms. The molecule has 2 aromatic rings. The first-order chi connectivity index (χ1) is 13.7. The summed E-state index contributed by atoms with van der Waals surface area (Å²) < 4.78 is 24.7. The van der Waals surface area contributed by atoms with Gasteiger partial charge in [0.05, 0.1) is 12.3 Å². The Morgan fingerprint density at radius 1 is 1.04 bits per heavy atom. The van der Waals surface area contributed by atoms with Crippen LogP contribution in [0, 0.1) is 17.1 Å². The van der Waals surface area contributed by atoms with Crippen molar-refractivity contribution in [1.29, 1.82) is 5.26 Å². The maximum Gasteiger partial charge on any atom is 0.248 e. The average molecular weight is 383 g/mol. The standard InChI is InChI=1S/C21H22FN3O3/c22-19-7-4-8-20(18(19)15-23)24-9-11-25(12-10-24)21(26)16-27-13-14-28-17-5-2-1-3-6-17/h1-8H,9-14,16H2. The van der Waals surface area contributed by atoms with Crippen molar-refractivity contribution < 1.29 is 18.7 Å². The minimum Gasteiger partial charge on any atom is -0.491 e. The van der Waals surface area contributed by atoms with Crippen LogP contribution in [-0.2, 0) is 9.53 Å². The zero-order valence-corrected chi connectivity index (χ0v) is 15.5. The Hall–Kier alpha value is -3.11. The summed E-state index contributed by atoms with van der Waals surface area (Å²) in [7, 11) is 0. The summed E-state index contributed by atoms with van der Waals surface area (Å²) in [5.74, 6) is 0.159. The van der Waals surface area contributed by atoms with Gasteiger partial charge in [0.2, 0.25) is 5.91 Å². The second-order valence-corrected chi connectivity index (χ2v) is 6.33. The zero-order valence-electron chi connectivity index (χ0n) is 15.5. The van der Waals surface area contributed by atoms with Crippen LogP contribution < -0.4 is 9.64 Å². The molecule has 2 aromatic carbocycles. The molecule has 0 bridgehead atoms. The van der Waals surface area contributed by atoms with Gasteiger partial charge in [0.15, 0.2) is 0 Å². The number of anilines is 1. The van der Waals surface area contributed by atoms with Crippen LogP contribution in [0.5, 0.6) is 5.75 Å². The Morgan fingerprint density at radius 2 is 1.79 bits per heavy atom. The monoisotopic (exact) mass is 383 g/mol. The molecule has 0 saturated carbocycles. The number of nitriles is 1. The summed E-state index contributed by atoms with van der Waals surface area (Å²) in [6.07, 6.45) is 0. The van der Waals surface area contributed by atoms with Crippen molar-refractivity contribution in [3.8, 4) is 11.8 Å². The van der Waals surface area contributed by atoms with Gasteiger partial charge in [0.25, 0.3) is 0 Å². The number of ether oxygens (including phenoxy) is 2. The number of amides is 1. The SMILES string of the molecule is N#Cc1c(F)cccc1N1CCN(C(=O)COCCOc2ccccc2)CC1. The van der Waals surface area contributed by atoms with Crippen LogP contribution in [0.1, 0.15) is 5.56 Å². The number of benzene rings is 2. The molecule has 3 rings (SSSR count). The van der Waals surface area contributed by atoms with E-state index in [9.17, 15) is 14.4 Å². The van der Waals surface area contributed by atoms with Crippen molar-refractivity contribution in [3.05, 3.63) is 59.9 Å². The van der Waals surface area contributed by atoms with Gasteiger partial charge in [-0.15, -0.1) is 0 Å². The van der Waals surface area contributed by atoms with Crippen LogP contribution in [-0.4, -0.2) is 56.8 Å². The van der Waals surface area contributed by atoms with Gasteiger partial charge in [-0.05, 0) is 24.3 Å². The molecule has 1 aliphatic heterocycles. The quantitative estimate of drug-likeness (QED) is 0.687. The molecule has 1 fully saturated rings. The first kappa shape index (κ1) is 19.6. The molecule has 1 heterocycles. The normalized spacial score (nSPS) is 13.9. The van der Waals surface area contributed by atoms with Gasteiger partial charge in [-0.2, -0.15) is 5.26 Å². The lowest BCUT2D eigenvalue weighted by atomic mass is 10.1. The molecule has 28 heavy (non-hydrogen) atoms. The molecule has 0 radical (unpaired) electrons. The smallest absolute Gasteiger partial charge is 0.248 e. The van der Waals surface area contributed by atoms with Crippen LogP contribution in [0.4, 0.5) is 10.1 Å². The van der Waals surface area contributed by atoms with Crippen molar-refractivity contribution in [1.82, 2.24) is 4.90 Å². The molecule has 1 aliphatic rings. The molecule has 1 amide bonds. The predicted octanol–water partition coefficient (Wildman–Crippen LogP) is 2.44. The second kappa shape index (κ2) is 9.72. The summed E-state index contributed by atoms with van der Waals surface area (Å²) in [5.41, 5.74) is 0.618. The Balaban J connectivity index is 1.39. The van der Waals surface area contributed by atoms with Gasteiger partial charge in [0.1, 0.15) is 36.4 Å². The summed E-state index contributed by atoms with van der Waals surface area (Å²) in [5, 5.41) is 9.18. The Bertz CT molecular complexity index is 831. The average Bonchev–Trinajstić information content (AvgIpc) is 2.74. The van der Waals surface area contributed by atoms with Crippen molar-refractivity contribution in [3.63, 3.8) is 0 Å². The molecular weight excluding hydrogens is 361 g/mol. The Kier molecular flexibility index (Phi) is 6.82. The third-order valence-electron chi connectivity index (χ3n) is 4.54. The molecule has 0 aliphatic carbocycles. The molecule has 146 valence electrons. The zero-order chi connectivity index (χ0) is 19.8. The number of hydrogen-bond donors (Lipinski definition) is 0. The summed E-state index contributed by atoms with van der Waals surface area (Å²) in [4.78, 5) is 15.9. The maximum atomic E-state index is 13.8. The number of nitrogens with zero attached hydrogens (tertiary/aromatic N) is 3. The van der Waals surface area contributed by atoms with E-state index in [-0.39, 0.29) is 18.1 Å². The largest absolute Gasteiger partial charge is 0.491 e. The lowest BCUT2D eigenvalue weighted by Crippen LogP contribution is -2.50. The molecule has 0 atom stereocenters. The van der Waals surface area contributed by atoms with E-state index in [1.54, 1.807) is 17.0 Å². The van der Waals surface area contributed by atoms with Crippen molar-refractivity contribution >= 4 is 11.6 Å². The molecule has 7 heteroatoms. The number of piperazine rings is 1. The van der Waals surface area contributed by atoms with E-state index in [0.717, 1.165) is 5.75 Å². The number of para-hydroxylation sites is 1. The molecule has 1 saturated heterocycles. The highest BCUT2D eigenvalue weighted by molar-refractivity contribution is 5.77. The molecule has 6 nitrogen and oxygen atoms in total. The first-order valence-corrected chi connectivity index (χ1v) is 9.16. The fourth-order valence-electron chi connectivity index (χ4n) is 3.07. The van der Waals surface area contributed by atoms with E-state index in [0.29, 0.717) is 45.1 Å². The van der Waals surface area contributed by atoms with Crippen LogP contribution >= 0.6 is 0 Å². The topological polar surface area (TPSA) is 65.8 Å². The van der Waals surface area contributed by atoms with Gasteiger partial charge in [0, 0.05) is 26.2 Å². The molecule has 0 unspecified atom stereocenters. The highest BCUT2D eigenvalue weighted by Gasteiger charge is 2.23. The number of rotatable bonds is 7. The fourth-order valence-corrected chi connectivity index (χ4v) is 3.07. The van der Waals surface area contributed by atoms with Crippen LogP contribution in [0.2, 0.25) is 0 Å². The third kappa shape index (κ3) is 4.99.